The summed E-state index contributed by atoms with van der Waals surface area (Å²) < 4.78 is 30.3. The number of aromatic nitrogens is 1. The Labute approximate surface area is 157 Å². The maximum absolute atomic E-state index is 12.2. The van der Waals surface area contributed by atoms with Crippen LogP contribution >= 0.6 is 0 Å². The monoisotopic (exact) mass is 391 g/mol. The third-order valence-corrected chi connectivity index (χ3v) is 5.59. The van der Waals surface area contributed by atoms with Crippen LogP contribution in [-0.2, 0) is 10.0 Å². The Kier molecular flexibility index (Phi) is 5.07. The number of primary sulfonamides is 1. The highest BCUT2D eigenvalue weighted by Gasteiger charge is 2.33. The van der Waals surface area contributed by atoms with E-state index < -0.39 is 16.0 Å². The summed E-state index contributed by atoms with van der Waals surface area (Å²) in [6, 6.07) is 5.92. The first-order valence-electron chi connectivity index (χ1n) is 8.49. The Morgan fingerprint density at radius 3 is 2.48 bits per heavy atom. The summed E-state index contributed by atoms with van der Waals surface area (Å²) in [6.45, 7) is 4.00. The number of pyridine rings is 1. The highest BCUT2D eigenvalue weighted by atomic mass is 32.2. The van der Waals surface area contributed by atoms with E-state index in [-0.39, 0.29) is 28.3 Å². The van der Waals surface area contributed by atoms with Gasteiger partial charge in [-0.3, -0.25) is 4.98 Å². The van der Waals surface area contributed by atoms with Gasteiger partial charge in [0.15, 0.2) is 5.75 Å². The highest BCUT2D eigenvalue weighted by Crippen LogP contribution is 2.43. The van der Waals surface area contributed by atoms with Gasteiger partial charge in [0.1, 0.15) is 10.6 Å². The van der Waals surface area contributed by atoms with Crippen LogP contribution in [0.1, 0.15) is 37.0 Å². The van der Waals surface area contributed by atoms with Crippen molar-refractivity contribution in [2.24, 2.45) is 5.14 Å². The van der Waals surface area contributed by atoms with Crippen LogP contribution in [-0.4, -0.2) is 36.6 Å². The van der Waals surface area contributed by atoms with Crippen LogP contribution in [0.25, 0.3) is 0 Å². The molecule has 1 aliphatic heterocycles. The summed E-state index contributed by atoms with van der Waals surface area (Å²) in [5, 5.41) is 14.8. The van der Waals surface area contributed by atoms with Crippen molar-refractivity contribution >= 4 is 21.7 Å². The first-order valence-corrected chi connectivity index (χ1v) is 10.0. The van der Waals surface area contributed by atoms with Crippen molar-refractivity contribution < 1.29 is 23.1 Å². The van der Waals surface area contributed by atoms with E-state index in [2.05, 4.69) is 4.98 Å². The van der Waals surface area contributed by atoms with Crippen LogP contribution in [0.4, 0.5) is 5.69 Å². The lowest BCUT2D eigenvalue weighted by Crippen LogP contribution is -2.33. The van der Waals surface area contributed by atoms with E-state index in [9.17, 15) is 18.3 Å². The lowest BCUT2D eigenvalue weighted by Gasteiger charge is -2.31. The molecule has 2 aromatic rings. The molecule has 8 nitrogen and oxygen atoms in total. The van der Waals surface area contributed by atoms with Gasteiger partial charge in [0.05, 0.1) is 17.4 Å². The normalized spacial score (nSPS) is 19.9. The molecule has 2 heterocycles. The van der Waals surface area contributed by atoms with Crippen LogP contribution in [0.2, 0.25) is 0 Å². The minimum Gasteiger partial charge on any atom is -0.478 e. The summed E-state index contributed by atoms with van der Waals surface area (Å²) in [5.74, 6) is -0.907. The van der Waals surface area contributed by atoms with Crippen LogP contribution in [0.15, 0.2) is 41.6 Å². The molecular formula is C18H21N3O5S. The molecule has 27 heavy (non-hydrogen) atoms. The molecule has 1 saturated heterocycles. The van der Waals surface area contributed by atoms with E-state index in [4.69, 9.17) is 9.88 Å². The van der Waals surface area contributed by atoms with Gasteiger partial charge in [-0.15, -0.1) is 0 Å². The SMILES string of the molecule is CC1CCC(C)N1c1cc(C(=O)O)cc(S(N)(=O)=O)c1Oc1cccnc1. The fourth-order valence-corrected chi connectivity index (χ4v) is 4.11. The number of carboxylic acids is 1. The molecule has 0 aliphatic carbocycles. The number of nitrogens with zero attached hydrogens (tertiary/aromatic N) is 2. The van der Waals surface area contributed by atoms with Crippen LogP contribution in [0.5, 0.6) is 11.5 Å². The number of benzene rings is 1. The Morgan fingerprint density at radius 2 is 1.96 bits per heavy atom. The molecule has 0 spiro atoms. The maximum Gasteiger partial charge on any atom is 0.335 e. The molecule has 1 aromatic heterocycles. The van der Waals surface area contributed by atoms with Gasteiger partial charge >= 0.3 is 5.97 Å². The van der Waals surface area contributed by atoms with Crippen molar-refractivity contribution in [2.75, 3.05) is 4.90 Å². The molecule has 1 aromatic carbocycles. The third-order valence-electron chi connectivity index (χ3n) is 4.67. The van der Waals surface area contributed by atoms with Gasteiger partial charge in [-0.25, -0.2) is 18.4 Å². The predicted octanol–water partition coefficient (Wildman–Crippen LogP) is 2.60. The standard InChI is InChI=1S/C18H21N3O5S/c1-11-5-6-12(2)21(11)15-8-13(18(22)23)9-16(27(19,24)25)17(15)26-14-4-3-7-20-10-14/h3-4,7-12H,5-6H2,1-2H3,(H,22,23)(H2,19,24,25). The molecule has 3 N–H and O–H groups in total. The number of carboxylic acid groups (broad SMARTS) is 1. The minimum absolute atomic E-state index is 0.0103. The van der Waals surface area contributed by atoms with E-state index in [1.54, 1.807) is 18.3 Å². The van der Waals surface area contributed by atoms with Crippen molar-refractivity contribution in [1.82, 2.24) is 4.98 Å². The molecule has 144 valence electrons. The van der Waals surface area contributed by atoms with Gasteiger partial charge in [-0.2, -0.15) is 0 Å². The summed E-state index contributed by atoms with van der Waals surface area (Å²) >= 11 is 0. The van der Waals surface area contributed by atoms with Crippen molar-refractivity contribution in [3.05, 3.63) is 42.2 Å². The number of aromatic carboxylic acids is 1. The lowest BCUT2D eigenvalue weighted by molar-refractivity contribution is 0.0696. The molecule has 9 heteroatoms. The number of ether oxygens (including phenoxy) is 1. The fourth-order valence-electron chi connectivity index (χ4n) is 3.41. The smallest absolute Gasteiger partial charge is 0.335 e. The molecule has 1 aliphatic rings. The van der Waals surface area contributed by atoms with E-state index in [1.807, 2.05) is 18.7 Å². The number of rotatable bonds is 5. The van der Waals surface area contributed by atoms with Crippen molar-refractivity contribution in [3.8, 4) is 11.5 Å². The zero-order valence-electron chi connectivity index (χ0n) is 15.0. The first kappa shape index (κ1) is 19.1. The molecule has 1 fully saturated rings. The number of anilines is 1. The Hall–Kier alpha value is -2.65. The molecule has 0 radical (unpaired) electrons. The van der Waals surface area contributed by atoms with Crippen LogP contribution < -0.4 is 14.8 Å². The van der Waals surface area contributed by atoms with Crippen molar-refractivity contribution in [3.63, 3.8) is 0 Å². The second-order valence-corrected chi connectivity index (χ2v) is 8.18. The molecule has 0 amide bonds. The summed E-state index contributed by atoms with van der Waals surface area (Å²) in [4.78, 5) is 17.1. The average Bonchev–Trinajstić information content (AvgIpc) is 2.93. The van der Waals surface area contributed by atoms with Gasteiger partial charge in [0, 0.05) is 18.3 Å². The predicted molar refractivity (Wildman–Crippen MR) is 99.7 cm³/mol. The molecule has 2 atom stereocenters. The number of sulfonamides is 1. The maximum atomic E-state index is 12.2. The van der Waals surface area contributed by atoms with Gasteiger partial charge < -0.3 is 14.7 Å². The second kappa shape index (κ2) is 7.16. The Balaban J connectivity index is 2.27. The van der Waals surface area contributed by atoms with E-state index in [0.717, 1.165) is 18.9 Å². The van der Waals surface area contributed by atoms with Gasteiger partial charge in [0.25, 0.3) is 0 Å². The fraction of sp³-hybridized carbons (Fsp3) is 0.333. The number of carbonyl (C=O) groups is 1. The highest BCUT2D eigenvalue weighted by molar-refractivity contribution is 7.89. The second-order valence-electron chi connectivity index (χ2n) is 6.65. The Morgan fingerprint density at radius 1 is 1.30 bits per heavy atom. The summed E-state index contributed by atoms with van der Waals surface area (Å²) in [7, 11) is -4.23. The molecular weight excluding hydrogens is 370 g/mol. The molecule has 0 saturated carbocycles. The van der Waals surface area contributed by atoms with E-state index >= 15 is 0 Å². The summed E-state index contributed by atoms with van der Waals surface area (Å²) in [6.07, 6.45) is 4.80. The number of hydrogen-bond acceptors (Lipinski definition) is 6. The van der Waals surface area contributed by atoms with Crippen LogP contribution in [0.3, 0.4) is 0 Å². The Bertz CT molecular complexity index is 952. The number of nitrogens with two attached hydrogens (primary N) is 1. The van der Waals surface area contributed by atoms with Gasteiger partial charge in [-0.1, -0.05) is 0 Å². The van der Waals surface area contributed by atoms with Crippen LogP contribution in [0, 0.1) is 0 Å². The van der Waals surface area contributed by atoms with Gasteiger partial charge in [0.2, 0.25) is 10.0 Å². The zero-order chi connectivity index (χ0) is 19.8. The van der Waals surface area contributed by atoms with E-state index in [0.29, 0.717) is 11.4 Å². The zero-order valence-corrected chi connectivity index (χ0v) is 15.8. The van der Waals surface area contributed by atoms with Crippen molar-refractivity contribution in [1.29, 1.82) is 0 Å². The minimum atomic E-state index is -4.23. The molecule has 3 rings (SSSR count). The first-order chi connectivity index (χ1) is 12.7. The van der Waals surface area contributed by atoms with Crippen molar-refractivity contribution in [2.45, 2.75) is 43.7 Å². The quantitative estimate of drug-likeness (QED) is 0.803. The van der Waals surface area contributed by atoms with Gasteiger partial charge in [-0.05, 0) is 51.0 Å². The topological polar surface area (TPSA) is 123 Å². The number of hydrogen-bond donors (Lipinski definition) is 2. The lowest BCUT2D eigenvalue weighted by atomic mass is 10.1. The summed E-state index contributed by atoms with van der Waals surface area (Å²) in [5.41, 5.74) is 0.221. The third kappa shape index (κ3) is 3.88. The average molecular weight is 391 g/mol. The van der Waals surface area contributed by atoms with E-state index in [1.165, 1.54) is 12.3 Å². The molecule has 2 unspecified atom stereocenters. The largest absolute Gasteiger partial charge is 0.478 e. The molecule has 0 bridgehead atoms.